The highest BCUT2D eigenvalue weighted by Crippen LogP contribution is 2.29. The van der Waals surface area contributed by atoms with Crippen molar-refractivity contribution in [2.75, 3.05) is 13.1 Å². The van der Waals surface area contributed by atoms with Gasteiger partial charge in [-0.05, 0) is 93.3 Å². The van der Waals surface area contributed by atoms with Crippen LogP contribution in [0, 0.1) is 11.8 Å². The Balaban J connectivity index is 1.26. The number of ether oxygens (including phenoxy) is 1. The van der Waals surface area contributed by atoms with Crippen molar-refractivity contribution in [2.45, 2.75) is 83.7 Å². The van der Waals surface area contributed by atoms with Crippen LogP contribution in [0.5, 0.6) is 5.75 Å². The van der Waals surface area contributed by atoms with Crippen molar-refractivity contribution in [1.29, 1.82) is 0 Å². The summed E-state index contributed by atoms with van der Waals surface area (Å²) in [5.74, 6) is 6.67. The molecule has 1 fully saturated rings. The fourth-order valence-corrected chi connectivity index (χ4v) is 5.24. The van der Waals surface area contributed by atoms with Crippen molar-refractivity contribution < 1.29 is 22.7 Å². The molecule has 43 heavy (non-hydrogen) atoms. The Hall–Kier alpha value is -3.76. The van der Waals surface area contributed by atoms with E-state index in [2.05, 4.69) is 48.9 Å². The molecule has 0 bridgehead atoms. The van der Waals surface area contributed by atoms with E-state index in [0.717, 1.165) is 81.4 Å². The first kappa shape index (κ1) is 32.2. The number of benzene rings is 3. The average Bonchev–Trinajstić information content (AvgIpc) is 2.97. The lowest BCUT2D eigenvalue weighted by atomic mass is 9.96. The number of nitrogens with one attached hydrogen (secondary N) is 1. The summed E-state index contributed by atoms with van der Waals surface area (Å²) in [4.78, 5) is 15.3. The Morgan fingerprint density at radius 1 is 0.930 bits per heavy atom. The topological polar surface area (TPSA) is 41.6 Å². The Kier molecular flexibility index (Phi) is 10.9. The molecule has 0 radical (unpaired) electrons. The third-order valence-corrected chi connectivity index (χ3v) is 7.69. The number of rotatable bonds is 10. The van der Waals surface area contributed by atoms with Gasteiger partial charge in [0.05, 0.1) is 5.56 Å². The van der Waals surface area contributed by atoms with Crippen LogP contribution < -0.4 is 10.1 Å². The number of halogens is 3. The average molecular weight is 591 g/mol. The van der Waals surface area contributed by atoms with E-state index in [1.165, 1.54) is 12.1 Å². The van der Waals surface area contributed by atoms with Gasteiger partial charge in [0.1, 0.15) is 11.9 Å². The Morgan fingerprint density at radius 2 is 1.63 bits per heavy atom. The summed E-state index contributed by atoms with van der Waals surface area (Å²) in [5.41, 5.74) is 2.17. The summed E-state index contributed by atoms with van der Waals surface area (Å²) in [6, 6.07) is 20.3. The van der Waals surface area contributed by atoms with Crippen molar-refractivity contribution in [1.82, 2.24) is 10.2 Å². The highest BCUT2D eigenvalue weighted by molar-refractivity contribution is 5.95. The van der Waals surface area contributed by atoms with E-state index in [9.17, 15) is 18.0 Å². The maximum atomic E-state index is 12.9. The molecule has 0 atom stereocenters. The SMILES string of the molecule is CCCCCC(C)(C)NC(=O)c1cccc(OC2CCN(Cc3cccc(C#Cc4ccc(C(F)(F)F)cc4)c3)CC2)c1. The van der Waals surface area contributed by atoms with Crippen LogP contribution in [0.4, 0.5) is 13.2 Å². The van der Waals surface area contributed by atoms with Crippen LogP contribution in [0.3, 0.4) is 0 Å². The number of unbranched alkanes of at least 4 members (excludes halogenated alkanes) is 2. The summed E-state index contributed by atoms with van der Waals surface area (Å²) in [7, 11) is 0. The molecular formula is C36H41F3N2O2. The molecule has 1 saturated heterocycles. The van der Waals surface area contributed by atoms with E-state index in [4.69, 9.17) is 4.74 Å². The molecule has 3 aromatic carbocycles. The molecular weight excluding hydrogens is 549 g/mol. The molecule has 0 unspecified atom stereocenters. The molecule has 1 amide bonds. The van der Waals surface area contributed by atoms with E-state index >= 15 is 0 Å². The smallest absolute Gasteiger partial charge is 0.416 e. The van der Waals surface area contributed by atoms with Gasteiger partial charge in [-0.25, -0.2) is 0 Å². The fourth-order valence-electron chi connectivity index (χ4n) is 5.24. The molecule has 1 heterocycles. The van der Waals surface area contributed by atoms with E-state index in [1.807, 2.05) is 42.5 Å². The van der Waals surface area contributed by atoms with Crippen molar-refractivity contribution in [2.24, 2.45) is 0 Å². The van der Waals surface area contributed by atoms with Gasteiger partial charge < -0.3 is 10.1 Å². The van der Waals surface area contributed by atoms with Crippen molar-refractivity contribution in [3.05, 3.63) is 101 Å². The number of hydrogen-bond donors (Lipinski definition) is 1. The number of carbonyl (C=O) groups is 1. The molecule has 0 aromatic heterocycles. The number of hydrogen-bond acceptors (Lipinski definition) is 3. The molecule has 1 aliphatic rings. The minimum absolute atomic E-state index is 0.0759. The molecule has 0 spiro atoms. The Labute approximate surface area is 253 Å². The number of piperidine rings is 1. The van der Waals surface area contributed by atoms with Gasteiger partial charge in [-0.3, -0.25) is 9.69 Å². The number of alkyl halides is 3. The van der Waals surface area contributed by atoms with Crippen LogP contribution in [0.1, 0.15) is 91.9 Å². The normalized spacial score (nSPS) is 14.6. The van der Waals surface area contributed by atoms with Gasteiger partial charge in [0.15, 0.2) is 0 Å². The first-order valence-corrected chi connectivity index (χ1v) is 15.1. The predicted molar refractivity (Wildman–Crippen MR) is 165 cm³/mol. The second-order valence-corrected chi connectivity index (χ2v) is 11.9. The van der Waals surface area contributed by atoms with Crippen molar-refractivity contribution >= 4 is 5.91 Å². The largest absolute Gasteiger partial charge is 0.490 e. The van der Waals surface area contributed by atoms with Gasteiger partial charge in [-0.1, -0.05) is 56.2 Å². The lowest BCUT2D eigenvalue weighted by molar-refractivity contribution is -0.137. The lowest BCUT2D eigenvalue weighted by Gasteiger charge is -2.32. The molecule has 7 heteroatoms. The minimum atomic E-state index is -4.35. The van der Waals surface area contributed by atoms with E-state index in [1.54, 1.807) is 0 Å². The monoisotopic (exact) mass is 590 g/mol. The van der Waals surface area contributed by atoms with Gasteiger partial charge in [-0.2, -0.15) is 13.2 Å². The standard InChI is InChI=1S/C36H41F3N2O2/c1-4-5-6-21-35(2,3)40-34(42)30-11-8-12-33(25-30)43-32-19-22-41(23-20-32)26-29-10-7-9-28(24-29)14-13-27-15-17-31(18-16-27)36(37,38)39/h7-12,15-18,24-25,32H,4-6,19-23,26H2,1-3H3,(H,40,42). The minimum Gasteiger partial charge on any atom is -0.490 e. The van der Waals surface area contributed by atoms with Crippen LogP contribution >= 0.6 is 0 Å². The zero-order valence-electron chi connectivity index (χ0n) is 25.3. The Bertz CT molecular complexity index is 1410. The van der Waals surface area contributed by atoms with Crippen LogP contribution in [-0.2, 0) is 12.7 Å². The first-order chi connectivity index (χ1) is 20.5. The highest BCUT2D eigenvalue weighted by atomic mass is 19.4. The van der Waals surface area contributed by atoms with E-state index < -0.39 is 11.7 Å². The van der Waals surface area contributed by atoms with E-state index in [-0.39, 0.29) is 17.6 Å². The molecule has 1 aliphatic heterocycles. The zero-order chi connectivity index (χ0) is 30.9. The van der Waals surface area contributed by atoms with Crippen LogP contribution in [0.25, 0.3) is 0 Å². The van der Waals surface area contributed by atoms with E-state index in [0.29, 0.717) is 16.9 Å². The molecule has 228 valence electrons. The molecule has 4 rings (SSSR count). The number of likely N-dealkylation sites (tertiary alicyclic amines) is 1. The van der Waals surface area contributed by atoms with Crippen molar-refractivity contribution in [3.8, 4) is 17.6 Å². The molecule has 0 saturated carbocycles. The maximum absolute atomic E-state index is 12.9. The van der Waals surface area contributed by atoms with Crippen LogP contribution in [0.15, 0.2) is 72.8 Å². The quantitative estimate of drug-likeness (QED) is 0.191. The van der Waals surface area contributed by atoms with Gasteiger partial charge in [0.2, 0.25) is 0 Å². The summed E-state index contributed by atoms with van der Waals surface area (Å²) in [5, 5.41) is 3.17. The summed E-state index contributed by atoms with van der Waals surface area (Å²) in [6.07, 6.45) is 1.86. The lowest BCUT2D eigenvalue weighted by Crippen LogP contribution is -2.43. The maximum Gasteiger partial charge on any atom is 0.416 e. The van der Waals surface area contributed by atoms with Gasteiger partial charge in [0, 0.05) is 41.9 Å². The molecule has 3 aromatic rings. The van der Waals surface area contributed by atoms with Gasteiger partial charge in [-0.15, -0.1) is 0 Å². The third kappa shape index (κ3) is 10.2. The predicted octanol–water partition coefficient (Wildman–Crippen LogP) is 8.24. The van der Waals surface area contributed by atoms with Crippen LogP contribution in [0.2, 0.25) is 0 Å². The summed E-state index contributed by atoms with van der Waals surface area (Å²) >= 11 is 0. The highest BCUT2D eigenvalue weighted by Gasteiger charge is 2.30. The molecule has 4 nitrogen and oxygen atoms in total. The zero-order valence-corrected chi connectivity index (χ0v) is 25.3. The first-order valence-electron chi connectivity index (χ1n) is 15.1. The molecule has 1 N–H and O–H groups in total. The Morgan fingerprint density at radius 3 is 2.33 bits per heavy atom. The summed E-state index contributed by atoms with van der Waals surface area (Å²) < 4.78 is 44.7. The third-order valence-electron chi connectivity index (χ3n) is 7.69. The molecule has 0 aliphatic carbocycles. The van der Waals surface area contributed by atoms with Crippen LogP contribution in [-0.4, -0.2) is 35.5 Å². The second kappa shape index (κ2) is 14.6. The number of amides is 1. The fraction of sp³-hybridized carbons (Fsp3) is 0.417. The number of nitrogens with zero attached hydrogens (tertiary/aromatic N) is 1. The van der Waals surface area contributed by atoms with Gasteiger partial charge >= 0.3 is 6.18 Å². The number of carbonyl (C=O) groups excluding carboxylic acids is 1. The summed E-state index contributed by atoms with van der Waals surface area (Å²) in [6.45, 7) is 8.88. The second-order valence-electron chi connectivity index (χ2n) is 11.9. The van der Waals surface area contributed by atoms with Gasteiger partial charge in [0.25, 0.3) is 5.91 Å². The van der Waals surface area contributed by atoms with Crippen molar-refractivity contribution in [3.63, 3.8) is 0 Å².